The zero-order valence-electron chi connectivity index (χ0n) is 11.8. The van der Waals surface area contributed by atoms with E-state index in [2.05, 4.69) is 28.5 Å². The first-order chi connectivity index (χ1) is 9.86. The van der Waals surface area contributed by atoms with Crippen molar-refractivity contribution in [1.29, 1.82) is 0 Å². The van der Waals surface area contributed by atoms with Crippen LogP contribution in [0.25, 0.3) is 0 Å². The second-order valence-corrected chi connectivity index (χ2v) is 5.24. The van der Waals surface area contributed by atoms with Crippen LogP contribution in [0.2, 0.25) is 0 Å². The molecule has 2 aromatic rings. The second kappa shape index (κ2) is 6.06. The van der Waals surface area contributed by atoms with Crippen molar-refractivity contribution in [2.24, 2.45) is 0 Å². The van der Waals surface area contributed by atoms with Crippen molar-refractivity contribution in [3.63, 3.8) is 0 Å². The molecule has 0 saturated carbocycles. The third-order valence-electron chi connectivity index (χ3n) is 3.91. The Kier molecular flexibility index (Phi) is 3.97. The van der Waals surface area contributed by atoms with Crippen LogP contribution in [0.1, 0.15) is 35.6 Å². The molecule has 0 fully saturated rings. The van der Waals surface area contributed by atoms with E-state index in [1.807, 2.05) is 25.4 Å². The van der Waals surface area contributed by atoms with Crippen molar-refractivity contribution < 1.29 is 4.74 Å². The SMILES string of the molecule is CNC1CCCc2ccc(OCc3cccnc3)cc21. The number of hydrogen-bond donors (Lipinski definition) is 1. The molecule has 1 unspecified atom stereocenters. The fraction of sp³-hybridized carbons (Fsp3) is 0.353. The van der Waals surface area contributed by atoms with Gasteiger partial charge < -0.3 is 10.1 Å². The summed E-state index contributed by atoms with van der Waals surface area (Å²) in [6.45, 7) is 0.566. The van der Waals surface area contributed by atoms with Gasteiger partial charge in [0.15, 0.2) is 0 Å². The zero-order valence-corrected chi connectivity index (χ0v) is 11.8. The first kappa shape index (κ1) is 13.1. The van der Waals surface area contributed by atoms with Crippen LogP contribution >= 0.6 is 0 Å². The van der Waals surface area contributed by atoms with Crippen LogP contribution in [-0.2, 0) is 13.0 Å². The Morgan fingerprint density at radius 3 is 3.10 bits per heavy atom. The quantitative estimate of drug-likeness (QED) is 0.924. The van der Waals surface area contributed by atoms with Crippen LogP contribution in [0.15, 0.2) is 42.7 Å². The fourth-order valence-electron chi connectivity index (χ4n) is 2.82. The number of aromatic nitrogens is 1. The lowest BCUT2D eigenvalue weighted by Crippen LogP contribution is -2.21. The Morgan fingerprint density at radius 2 is 2.30 bits per heavy atom. The number of nitrogens with zero attached hydrogens (tertiary/aromatic N) is 1. The lowest BCUT2D eigenvalue weighted by molar-refractivity contribution is 0.304. The van der Waals surface area contributed by atoms with Crippen molar-refractivity contribution in [3.8, 4) is 5.75 Å². The third kappa shape index (κ3) is 2.83. The zero-order chi connectivity index (χ0) is 13.8. The van der Waals surface area contributed by atoms with E-state index >= 15 is 0 Å². The van der Waals surface area contributed by atoms with Gasteiger partial charge in [-0.2, -0.15) is 0 Å². The molecule has 0 saturated heterocycles. The number of benzene rings is 1. The Labute approximate surface area is 120 Å². The van der Waals surface area contributed by atoms with Crippen LogP contribution in [0.5, 0.6) is 5.75 Å². The number of hydrogen-bond acceptors (Lipinski definition) is 3. The Balaban J connectivity index is 1.75. The van der Waals surface area contributed by atoms with Crippen LogP contribution in [0.4, 0.5) is 0 Å². The maximum absolute atomic E-state index is 5.88. The van der Waals surface area contributed by atoms with E-state index in [4.69, 9.17) is 4.74 Å². The van der Waals surface area contributed by atoms with Crippen LogP contribution in [0.3, 0.4) is 0 Å². The number of nitrogens with one attached hydrogen (secondary N) is 1. The summed E-state index contributed by atoms with van der Waals surface area (Å²) in [6, 6.07) is 10.9. The maximum atomic E-state index is 5.88. The molecule has 0 bridgehead atoms. The van der Waals surface area contributed by atoms with Gasteiger partial charge in [-0.3, -0.25) is 4.98 Å². The van der Waals surface area contributed by atoms with Crippen molar-refractivity contribution in [2.75, 3.05) is 7.05 Å². The highest BCUT2D eigenvalue weighted by atomic mass is 16.5. The van der Waals surface area contributed by atoms with Gasteiger partial charge in [0.1, 0.15) is 12.4 Å². The van der Waals surface area contributed by atoms with E-state index in [9.17, 15) is 0 Å². The minimum Gasteiger partial charge on any atom is -0.489 e. The molecule has 1 aliphatic rings. The van der Waals surface area contributed by atoms with Gasteiger partial charge in [0, 0.05) is 24.0 Å². The van der Waals surface area contributed by atoms with Gasteiger partial charge in [0.25, 0.3) is 0 Å². The van der Waals surface area contributed by atoms with Crippen molar-refractivity contribution >= 4 is 0 Å². The van der Waals surface area contributed by atoms with E-state index in [-0.39, 0.29) is 0 Å². The average Bonchev–Trinajstić information content (AvgIpc) is 2.53. The van der Waals surface area contributed by atoms with E-state index < -0.39 is 0 Å². The molecule has 1 aromatic carbocycles. The standard InChI is InChI=1S/C17H20N2O/c1-18-17-6-2-5-14-7-8-15(10-16(14)17)20-12-13-4-3-9-19-11-13/h3-4,7-11,17-18H,2,5-6,12H2,1H3. The summed E-state index contributed by atoms with van der Waals surface area (Å²) in [7, 11) is 2.03. The molecule has 0 spiro atoms. The molecule has 0 radical (unpaired) electrons. The van der Waals surface area contributed by atoms with Gasteiger partial charge in [-0.1, -0.05) is 12.1 Å². The van der Waals surface area contributed by atoms with E-state index in [1.165, 1.54) is 30.4 Å². The average molecular weight is 268 g/mol. The van der Waals surface area contributed by atoms with Gasteiger partial charge in [0.05, 0.1) is 0 Å². The molecule has 3 nitrogen and oxygen atoms in total. The molecule has 3 rings (SSSR count). The normalized spacial score (nSPS) is 17.6. The molecule has 0 amide bonds. The van der Waals surface area contributed by atoms with Crippen LogP contribution in [0, 0.1) is 0 Å². The summed E-state index contributed by atoms with van der Waals surface area (Å²) in [5, 5.41) is 3.40. The highest BCUT2D eigenvalue weighted by Gasteiger charge is 2.19. The van der Waals surface area contributed by atoms with E-state index in [1.54, 1.807) is 6.20 Å². The monoisotopic (exact) mass is 268 g/mol. The van der Waals surface area contributed by atoms with Crippen LogP contribution in [-0.4, -0.2) is 12.0 Å². The minimum absolute atomic E-state index is 0.459. The number of ether oxygens (including phenoxy) is 1. The summed E-state index contributed by atoms with van der Waals surface area (Å²) in [4.78, 5) is 4.10. The molecule has 1 heterocycles. The Morgan fingerprint density at radius 1 is 1.35 bits per heavy atom. The lowest BCUT2D eigenvalue weighted by atomic mass is 9.87. The van der Waals surface area contributed by atoms with E-state index in [0.29, 0.717) is 12.6 Å². The lowest BCUT2D eigenvalue weighted by Gasteiger charge is -2.25. The molecule has 1 N–H and O–H groups in total. The molecule has 3 heteroatoms. The Hall–Kier alpha value is -1.87. The van der Waals surface area contributed by atoms with Crippen molar-refractivity contribution in [2.45, 2.75) is 31.9 Å². The highest BCUT2D eigenvalue weighted by Crippen LogP contribution is 2.32. The van der Waals surface area contributed by atoms with E-state index in [0.717, 1.165) is 11.3 Å². The molecule has 104 valence electrons. The van der Waals surface area contributed by atoms with Crippen molar-refractivity contribution in [1.82, 2.24) is 10.3 Å². The van der Waals surface area contributed by atoms with Crippen molar-refractivity contribution in [3.05, 3.63) is 59.4 Å². The first-order valence-corrected chi connectivity index (χ1v) is 7.18. The van der Waals surface area contributed by atoms with Gasteiger partial charge >= 0.3 is 0 Å². The largest absolute Gasteiger partial charge is 0.489 e. The van der Waals surface area contributed by atoms with Gasteiger partial charge in [-0.25, -0.2) is 0 Å². The summed E-state index contributed by atoms with van der Waals surface area (Å²) >= 11 is 0. The highest BCUT2D eigenvalue weighted by molar-refractivity contribution is 5.39. The second-order valence-electron chi connectivity index (χ2n) is 5.24. The smallest absolute Gasteiger partial charge is 0.120 e. The minimum atomic E-state index is 0.459. The molecular formula is C17H20N2O. The third-order valence-corrected chi connectivity index (χ3v) is 3.91. The molecule has 1 aromatic heterocycles. The first-order valence-electron chi connectivity index (χ1n) is 7.18. The fourth-order valence-corrected chi connectivity index (χ4v) is 2.82. The van der Waals surface area contributed by atoms with Crippen LogP contribution < -0.4 is 10.1 Å². The molecule has 1 aliphatic carbocycles. The number of aryl methyl sites for hydroxylation is 1. The number of rotatable bonds is 4. The molecule has 0 aliphatic heterocycles. The number of pyridine rings is 1. The summed E-state index contributed by atoms with van der Waals surface area (Å²) in [5.74, 6) is 0.940. The molecule has 1 atom stereocenters. The predicted molar refractivity (Wildman–Crippen MR) is 79.7 cm³/mol. The Bertz CT molecular complexity index is 568. The maximum Gasteiger partial charge on any atom is 0.120 e. The molecule has 20 heavy (non-hydrogen) atoms. The molecular weight excluding hydrogens is 248 g/mol. The number of fused-ring (bicyclic) bond motifs is 1. The van der Waals surface area contributed by atoms with Gasteiger partial charge in [-0.05, 0) is 55.6 Å². The summed E-state index contributed by atoms with van der Waals surface area (Å²) in [5.41, 5.74) is 3.93. The van der Waals surface area contributed by atoms with Gasteiger partial charge in [-0.15, -0.1) is 0 Å². The summed E-state index contributed by atoms with van der Waals surface area (Å²) < 4.78 is 5.88. The predicted octanol–water partition coefficient (Wildman–Crippen LogP) is 3.26. The van der Waals surface area contributed by atoms with Gasteiger partial charge in [0.2, 0.25) is 0 Å². The summed E-state index contributed by atoms with van der Waals surface area (Å²) in [6.07, 6.45) is 7.26. The topological polar surface area (TPSA) is 34.1 Å².